The lowest BCUT2D eigenvalue weighted by Gasteiger charge is -2.59. The zero-order valence-corrected chi connectivity index (χ0v) is 19.9. The Kier molecular flexibility index (Phi) is 4.97. The van der Waals surface area contributed by atoms with Crippen molar-refractivity contribution in [3.05, 3.63) is 34.6 Å². The number of hydrogen-bond acceptors (Lipinski definition) is 7. The second-order valence-electron chi connectivity index (χ2n) is 10.0. The Bertz CT molecular complexity index is 1110. The topological polar surface area (TPSA) is 93.0 Å². The third kappa shape index (κ3) is 3.86. The standard InChI is InChI=1S/C22H27ClN6O4/c1-21(2,3)33-20(31)28-12-22(13-28)10-27(11-22)18-25-24-17-9-26(19(30)32-4)8-14-7-15(23)5-6-16(14)29(17)18/h5-7H,8-13H2,1-4H3. The predicted octanol–water partition coefficient (Wildman–Crippen LogP) is 3.06. The molecule has 0 atom stereocenters. The number of methoxy groups -OCH3 is 1. The molecule has 176 valence electrons. The molecule has 0 radical (unpaired) electrons. The van der Waals surface area contributed by atoms with E-state index in [2.05, 4.69) is 15.1 Å². The highest BCUT2D eigenvalue weighted by Crippen LogP contribution is 2.43. The molecule has 11 heteroatoms. The highest BCUT2D eigenvalue weighted by Gasteiger charge is 2.55. The Morgan fingerprint density at radius 1 is 1.03 bits per heavy atom. The van der Waals surface area contributed by atoms with Crippen LogP contribution in [0.15, 0.2) is 18.2 Å². The Morgan fingerprint density at radius 2 is 1.76 bits per heavy atom. The number of halogens is 1. The molecule has 4 heterocycles. The monoisotopic (exact) mass is 474 g/mol. The van der Waals surface area contributed by atoms with Crippen LogP contribution in [0.5, 0.6) is 0 Å². The summed E-state index contributed by atoms with van der Waals surface area (Å²) < 4.78 is 12.4. The molecule has 0 aliphatic carbocycles. The van der Waals surface area contributed by atoms with E-state index in [1.165, 1.54) is 7.11 Å². The highest BCUT2D eigenvalue weighted by molar-refractivity contribution is 6.30. The molecule has 1 spiro atoms. The number of carbonyl (C=O) groups is 2. The molecule has 2 fully saturated rings. The van der Waals surface area contributed by atoms with Gasteiger partial charge in [-0.05, 0) is 44.5 Å². The Balaban J connectivity index is 1.35. The molecule has 5 rings (SSSR count). The molecule has 1 aromatic carbocycles. The van der Waals surface area contributed by atoms with E-state index in [4.69, 9.17) is 21.1 Å². The minimum Gasteiger partial charge on any atom is -0.453 e. The molecule has 2 saturated heterocycles. The first-order valence-corrected chi connectivity index (χ1v) is 11.2. The second-order valence-corrected chi connectivity index (χ2v) is 10.5. The number of benzene rings is 1. The third-order valence-corrected chi connectivity index (χ3v) is 6.40. The van der Waals surface area contributed by atoms with Crippen molar-refractivity contribution in [1.82, 2.24) is 24.6 Å². The van der Waals surface area contributed by atoms with E-state index in [9.17, 15) is 9.59 Å². The highest BCUT2D eigenvalue weighted by atomic mass is 35.5. The van der Waals surface area contributed by atoms with Crippen LogP contribution in [0.2, 0.25) is 5.02 Å². The van der Waals surface area contributed by atoms with Crippen LogP contribution in [0.4, 0.5) is 15.5 Å². The quantitative estimate of drug-likeness (QED) is 0.627. The van der Waals surface area contributed by atoms with Gasteiger partial charge >= 0.3 is 12.2 Å². The van der Waals surface area contributed by atoms with Crippen molar-refractivity contribution in [1.29, 1.82) is 0 Å². The molecule has 1 aromatic heterocycles. The average molecular weight is 475 g/mol. The maximum absolute atomic E-state index is 12.3. The number of amides is 2. The van der Waals surface area contributed by atoms with E-state index in [0.29, 0.717) is 30.5 Å². The van der Waals surface area contributed by atoms with Crippen molar-refractivity contribution in [3.63, 3.8) is 0 Å². The maximum Gasteiger partial charge on any atom is 0.410 e. The summed E-state index contributed by atoms with van der Waals surface area (Å²) in [6.45, 7) is 9.13. The van der Waals surface area contributed by atoms with Gasteiger partial charge < -0.3 is 19.3 Å². The molecule has 33 heavy (non-hydrogen) atoms. The summed E-state index contributed by atoms with van der Waals surface area (Å²) >= 11 is 6.25. The SMILES string of the molecule is COC(=O)N1Cc2cc(Cl)ccc2-n2c(nnc2N2CC3(CN(C(=O)OC(C)(C)C)C3)C2)C1. The summed E-state index contributed by atoms with van der Waals surface area (Å²) in [4.78, 5) is 30.1. The van der Waals surface area contributed by atoms with E-state index in [-0.39, 0.29) is 18.1 Å². The van der Waals surface area contributed by atoms with Gasteiger partial charge in [-0.3, -0.25) is 9.47 Å². The molecular weight excluding hydrogens is 448 g/mol. The number of fused-ring (bicyclic) bond motifs is 3. The summed E-state index contributed by atoms with van der Waals surface area (Å²) in [5.74, 6) is 1.38. The van der Waals surface area contributed by atoms with Crippen LogP contribution in [0.3, 0.4) is 0 Å². The Hall–Kier alpha value is -3.01. The number of nitrogens with zero attached hydrogens (tertiary/aromatic N) is 6. The van der Waals surface area contributed by atoms with Crippen LogP contribution in [0.25, 0.3) is 5.69 Å². The van der Waals surface area contributed by atoms with Gasteiger partial charge in [0.1, 0.15) is 5.60 Å². The molecular formula is C22H27ClN6O4. The predicted molar refractivity (Wildman–Crippen MR) is 120 cm³/mol. The molecule has 0 unspecified atom stereocenters. The lowest BCUT2D eigenvalue weighted by Crippen LogP contribution is -2.73. The number of aromatic nitrogens is 3. The summed E-state index contributed by atoms with van der Waals surface area (Å²) in [5.41, 5.74) is 1.34. The van der Waals surface area contributed by atoms with E-state index in [0.717, 1.165) is 30.3 Å². The fourth-order valence-corrected chi connectivity index (χ4v) is 4.97. The smallest absolute Gasteiger partial charge is 0.410 e. The number of anilines is 1. The van der Waals surface area contributed by atoms with Gasteiger partial charge in [-0.15, -0.1) is 10.2 Å². The second kappa shape index (κ2) is 7.51. The Labute approximate surface area is 197 Å². The molecule has 0 saturated carbocycles. The van der Waals surface area contributed by atoms with Gasteiger partial charge in [-0.2, -0.15) is 0 Å². The molecule has 3 aliphatic heterocycles. The van der Waals surface area contributed by atoms with Crippen molar-refractivity contribution < 1.29 is 19.1 Å². The van der Waals surface area contributed by atoms with Crippen molar-refractivity contribution in [2.75, 3.05) is 38.2 Å². The Morgan fingerprint density at radius 3 is 2.42 bits per heavy atom. The normalized spacial score (nSPS) is 18.6. The number of rotatable bonds is 1. The number of ether oxygens (including phenoxy) is 2. The fourth-order valence-electron chi connectivity index (χ4n) is 4.77. The molecule has 3 aliphatic rings. The lowest BCUT2D eigenvalue weighted by atomic mass is 9.73. The van der Waals surface area contributed by atoms with Gasteiger partial charge in [0, 0.05) is 36.6 Å². The van der Waals surface area contributed by atoms with Crippen molar-refractivity contribution in [2.24, 2.45) is 5.41 Å². The van der Waals surface area contributed by atoms with Gasteiger partial charge in [0.25, 0.3) is 0 Å². The first kappa shape index (κ1) is 21.8. The van der Waals surface area contributed by atoms with Crippen LogP contribution in [0, 0.1) is 5.41 Å². The van der Waals surface area contributed by atoms with Gasteiger partial charge in [0.2, 0.25) is 5.95 Å². The number of carbonyl (C=O) groups excluding carboxylic acids is 2. The third-order valence-electron chi connectivity index (χ3n) is 6.16. The van der Waals surface area contributed by atoms with Crippen molar-refractivity contribution in [2.45, 2.75) is 39.5 Å². The minimum atomic E-state index is -0.501. The molecule has 0 bridgehead atoms. The van der Waals surface area contributed by atoms with Crippen LogP contribution in [-0.4, -0.2) is 75.6 Å². The number of likely N-dealkylation sites (tertiary alicyclic amines) is 1. The minimum absolute atomic E-state index is 0.0505. The summed E-state index contributed by atoms with van der Waals surface area (Å²) in [5, 5.41) is 9.43. The molecule has 10 nitrogen and oxygen atoms in total. The van der Waals surface area contributed by atoms with Crippen molar-refractivity contribution >= 4 is 29.7 Å². The molecule has 0 N–H and O–H groups in total. The van der Waals surface area contributed by atoms with Crippen LogP contribution >= 0.6 is 11.6 Å². The summed E-state index contributed by atoms with van der Waals surface area (Å²) in [7, 11) is 1.36. The summed E-state index contributed by atoms with van der Waals surface area (Å²) in [6, 6.07) is 5.61. The maximum atomic E-state index is 12.3. The van der Waals surface area contributed by atoms with E-state index >= 15 is 0 Å². The van der Waals surface area contributed by atoms with Crippen LogP contribution < -0.4 is 4.90 Å². The van der Waals surface area contributed by atoms with Gasteiger partial charge in [0.05, 0.1) is 25.9 Å². The van der Waals surface area contributed by atoms with Crippen LogP contribution in [-0.2, 0) is 22.6 Å². The lowest BCUT2D eigenvalue weighted by molar-refractivity contribution is -0.0457. The number of hydrogen-bond donors (Lipinski definition) is 0. The van der Waals surface area contributed by atoms with Gasteiger partial charge in [-0.1, -0.05) is 11.6 Å². The zero-order valence-electron chi connectivity index (χ0n) is 19.2. The van der Waals surface area contributed by atoms with E-state index in [1.54, 1.807) is 9.80 Å². The summed E-state index contributed by atoms with van der Waals surface area (Å²) in [6.07, 6.45) is -0.699. The van der Waals surface area contributed by atoms with E-state index < -0.39 is 11.7 Å². The van der Waals surface area contributed by atoms with Crippen LogP contribution in [0.1, 0.15) is 32.2 Å². The van der Waals surface area contributed by atoms with E-state index in [1.807, 2.05) is 43.5 Å². The molecule has 2 amide bonds. The molecule has 2 aromatic rings. The van der Waals surface area contributed by atoms with Gasteiger partial charge in [0.15, 0.2) is 5.82 Å². The first-order chi connectivity index (χ1) is 15.6. The van der Waals surface area contributed by atoms with Gasteiger partial charge in [-0.25, -0.2) is 9.59 Å². The largest absolute Gasteiger partial charge is 0.453 e. The fraction of sp³-hybridized carbons (Fsp3) is 0.545. The average Bonchev–Trinajstić information content (AvgIpc) is 2.99. The first-order valence-electron chi connectivity index (χ1n) is 10.9. The van der Waals surface area contributed by atoms with Crippen molar-refractivity contribution in [3.8, 4) is 5.69 Å². The zero-order chi connectivity index (χ0) is 23.5.